The third-order valence-corrected chi connectivity index (χ3v) is 4.34. The van der Waals surface area contributed by atoms with Crippen molar-refractivity contribution in [1.82, 2.24) is 25.0 Å². The Morgan fingerprint density at radius 1 is 1.30 bits per heavy atom. The van der Waals surface area contributed by atoms with Gasteiger partial charge in [-0.2, -0.15) is 5.10 Å². The molecule has 1 fully saturated rings. The Morgan fingerprint density at radius 3 is 2.78 bits per heavy atom. The molecule has 6 heteroatoms. The molecular formula is C17H23N5O. The highest BCUT2D eigenvalue weighted by atomic mass is 16.2. The summed E-state index contributed by atoms with van der Waals surface area (Å²) in [5, 5.41) is 7.14. The molecule has 122 valence electrons. The summed E-state index contributed by atoms with van der Waals surface area (Å²) < 4.78 is 1.64. The first-order valence-electron chi connectivity index (χ1n) is 8.00. The maximum absolute atomic E-state index is 12.4. The lowest BCUT2D eigenvalue weighted by Crippen LogP contribution is -2.34. The van der Waals surface area contributed by atoms with Gasteiger partial charge in [-0.25, -0.2) is 4.98 Å². The number of aryl methyl sites for hydroxylation is 1. The zero-order valence-corrected chi connectivity index (χ0v) is 13.6. The van der Waals surface area contributed by atoms with Gasteiger partial charge in [0.2, 0.25) is 5.91 Å². The minimum absolute atomic E-state index is 0.0300. The molecule has 0 spiro atoms. The van der Waals surface area contributed by atoms with E-state index >= 15 is 0 Å². The fourth-order valence-corrected chi connectivity index (χ4v) is 3.14. The molecule has 1 N–H and O–H groups in total. The van der Waals surface area contributed by atoms with Gasteiger partial charge in [0.15, 0.2) is 5.82 Å². The van der Waals surface area contributed by atoms with Crippen molar-refractivity contribution in [3.8, 4) is 0 Å². The highest BCUT2D eigenvalue weighted by molar-refractivity contribution is 5.79. The smallest absolute Gasteiger partial charge is 0.225 e. The first-order valence-corrected chi connectivity index (χ1v) is 8.00. The number of benzene rings is 1. The van der Waals surface area contributed by atoms with E-state index in [9.17, 15) is 4.79 Å². The van der Waals surface area contributed by atoms with Gasteiger partial charge in [0.1, 0.15) is 6.33 Å². The number of hydrogen-bond acceptors (Lipinski definition) is 4. The third-order valence-electron chi connectivity index (χ3n) is 4.34. The number of carbonyl (C=O) groups excluding carboxylic acids is 1. The van der Waals surface area contributed by atoms with Crippen molar-refractivity contribution in [2.24, 2.45) is 18.9 Å². The second-order valence-electron chi connectivity index (χ2n) is 6.32. The van der Waals surface area contributed by atoms with Crippen molar-refractivity contribution in [2.45, 2.75) is 20.0 Å². The molecule has 2 aromatic rings. The molecule has 0 radical (unpaired) electrons. The minimum atomic E-state index is 0.0300. The van der Waals surface area contributed by atoms with E-state index in [1.165, 1.54) is 5.56 Å². The van der Waals surface area contributed by atoms with E-state index in [0.29, 0.717) is 18.3 Å². The zero-order chi connectivity index (χ0) is 16.2. The predicted molar refractivity (Wildman–Crippen MR) is 87.2 cm³/mol. The lowest BCUT2D eigenvalue weighted by Gasteiger charge is -2.15. The molecule has 1 amide bonds. The van der Waals surface area contributed by atoms with E-state index in [1.807, 2.05) is 13.1 Å². The molecule has 1 saturated heterocycles. The zero-order valence-electron chi connectivity index (χ0n) is 13.6. The van der Waals surface area contributed by atoms with Crippen LogP contribution in [0.5, 0.6) is 0 Å². The first-order chi connectivity index (χ1) is 11.1. The number of nitrogens with one attached hydrogen (secondary N) is 1. The van der Waals surface area contributed by atoms with E-state index in [-0.39, 0.29) is 11.8 Å². The van der Waals surface area contributed by atoms with Crippen molar-refractivity contribution in [1.29, 1.82) is 0 Å². The molecule has 1 aliphatic heterocycles. The molecule has 1 aromatic heterocycles. The van der Waals surface area contributed by atoms with Crippen LogP contribution in [0, 0.1) is 11.8 Å². The summed E-state index contributed by atoms with van der Waals surface area (Å²) in [5.74, 6) is 1.13. The van der Waals surface area contributed by atoms with Crippen LogP contribution >= 0.6 is 0 Å². The Balaban J connectivity index is 1.52. The number of hydrogen-bond donors (Lipinski definition) is 1. The van der Waals surface area contributed by atoms with Crippen molar-refractivity contribution in [3.63, 3.8) is 0 Å². The second-order valence-corrected chi connectivity index (χ2v) is 6.32. The molecule has 1 aromatic carbocycles. The predicted octanol–water partition coefficient (Wildman–Crippen LogP) is 1.20. The summed E-state index contributed by atoms with van der Waals surface area (Å²) in [4.78, 5) is 18.9. The second kappa shape index (κ2) is 6.91. The standard InChI is InChI=1S/C17H23N5O/c1-13-9-22(10-14-6-4-3-5-7-14)11-15(13)17(23)18-8-16-19-12-21(2)20-16/h3-7,12-13,15H,8-11H2,1-2H3,(H,18,23)/t13-,15-/m1/s1. The summed E-state index contributed by atoms with van der Waals surface area (Å²) in [6.07, 6.45) is 1.64. The molecule has 0 bridgehead atoms. The molecule has 6 nitrogen and oxygen atoms in total. The molecule has 3 rings (SSSR count). The van der Waals surface area contributed by atoms with E-state index in [4.69, 9.17) is 0 Å². The van der Waals surface area contributed by atoms with Crippen LogP contribution in [0.4, 0.5) is 0 Å². The van der Waals surface area contributed by atoms with Crippen LogP contribution in [-0.4, -0.2) is 38.7 Å². The van der Waals surface area contributed by atoms with Crippen LogP contribution in [0.15, 0.2) is 36.7 Å². The lowest BCUT2D eigenvalue weighted by molar-refractivity contribution is -0.125. The van der Waals surface area contributed by atoms with Crippen LogP contribution in [0.3, 0.4) is 0 Å². The summed E-state index contributed by atoms with van der Waals surface area (Å²) in [6.45, 7) is 5.19. The fourth-order valence-electron chi connectivity index (χ4n) is 3.14. The molecule has 2 atom stereocenters. The van der Waals surface area contributed by atoms with Crippen LogP contribution < -0.4 is 5.32 Å². The van der Waals surface area contributed by atoms with Gasteiger partial charge in [-0.1, -0.05) is 37.3 Å². The summed E-state index contributed by atoms with van der Waals surface area (Å²) in [7, 11) is 1.82. The fraction of sp³-hybridized carbons (Fsp3) is 0.471. The van der Waals surface area contributed by atoms with Crippen LogP contribution in [0.1, 0.15) is 18.3 Å². The van der Waals surface area contributed by atoms with Gasteiger partial charge in [-0.05, 0) is 11.5 Å². The van der Waals surface area contributed by atoms with Gasteiger partial charge in [0.25, 0.3) is 0 Å². The molecular weight excluding hydrogens is 290 g/mol. The topological polar surface area (TPSA) is 63.1 Å². The van der Waals surface area contributed by atoms with Gasteiger partial charge >= 0.3 is 0 Å². The number of aromatic nitrogens is 3. The Bertz CT molecular complexity index is 654. The van der Waals surface area contributed by atoms with Crippen molar-refractivity contribution >= 4 is 5.91 Å². The van der Waals surface area contributed by atoms with Gasteiger partial charge in [-0.3, -0.25) is 14.4 Å². The van der Waals surface area contributed by atoms with Crippen LogP contribution in [-0.2, 0) is 24.9 Å². The van der Waals surface area contributed by atoms with E-state index < -0.39 is 0 Å². The Labute approximate surface area is 136 Å². The Hall–Kier alpha value is -2.21. The summed E-state index contributed by atoms with van der Waals surface area (Å²) in [5.41, 5.74) is 1.29. The SMILES string of the molecule is C[C@@H]1CN(Cc2ccccc2)C[C@H]1C(=O)NCc1ncn(C)n1. The Kier molecular flexibility index (Phi) is 4.71. The first kappa shape index (κ1) is 15.7. The van der Waals surface area contributed by atoms with Gasteiger partial charge in [-0.15, -0.1) is 0 Å². The number of nitrogens with zero attached hydrogens (tertiary/aromatic N) is 4. The van der Waals surface area contributed by atoms with E-state index in [2.05, 4.69) is 51.5 Å². The number of rotatable bonds is 5. The maximum Gasteiger partial charge on any atom is 0.225 e. The van der Waals surface area contributed by atoms with Crippen LogP contribution in [0.2, 0.25) is 0 Å². The van der Waals surface area contributed by atoms with Crippen molar-refractivity contribution in [3.05, 3.63) is 48.0 Å². The molecule has 0 unspecified atom stereocenters. The highest BCUT2D eigenvalue weighted by Crippen LogP contribution is 2.24. The molecule has 0 aliphatic carbocycles. The summed E-state index contributed by atoms with van der Waals surface area (Å²) >= 11 is 0. The van der Waals surface area contributed by atoms with Crippen molar-refractivity contribution in [2.75, 3.05) is 13.1 Å². The molecule has 0 saturated carbocycles. The Morgan fingerprint density at radius 2 is 2.09 bits per heavy atom. The minimum Gasteiger partial charge on any atom is -0.348 e. The van der Waals surface area contributed by atoms with E-state index in [0.717, 1.165) is 19.6 Å². The molecule has 2 heterocycles. The number of carbonyl (C=O) groups is 1. The normalized spacial score (nSPS) is 21.5. The highest BCUT2D eigenvalue weighted by Gasteiger charge is 2.34. The summed E-state index contributed by atoms with van der Waals surface area (Å²) in [6, 6.07) is 10.4. The number of amides is 1. The largest absolute Gasteiger partial charge is 0.348 e. The quantitative estimate of drug-likeness (QED) is 0.901. The van der Waals surface area contributed by atoms with Gasteiger partial charge < -0.3 is 5.32 Å². The average molecular weight is 313 g/mol. The van der Waals surface area contributed by atoms with Gasteiger partial charge in [0.05, 0.1) is 12.5 Å². The average Bonchev–Trinajstić information content (AvgIpc) is 3.12. The third kappa shape index (κ3) is 3.96. The lowest BCUT2D eigenvalue weighted by atomic mass is 9.97. The van der Waals surface area contributed by atoms with E-state index in [1.54, 1.807) is 11.0 Å². The molecule has 1 aliphatic rings. The maximum atomic E-state index is 12.4. The molecule has 23 heavy (non-hydrogen) atoms. The number of likely N-dealkylation sites (tertiary alicyclic amines) is 1. The van der Waals surface area contributed by atoms with Gasteiger partial charge in [0, 0.05) is 26.7 Å². The monoisotopic (exact) mass is 313 g/mol. The van der Waals surface area contributed by atoms with Crippen LogP contribution in [0.25, 0.3) is 0 Å². The van der Waals surface area contributed by atoms with Crippen molar-refractivity contribution < 1.29 is 4.79 Å².